The van der Waals surface area contributed by atoms with E-state index in [9.17, 15) is 9.59 Å². The molecule has 0 saturated carbocycles. The molecule has 1 aliphatic heterocycles. The molecule has 0 aliphatic carbocycles. The van der Waals surface area contributed by atoms with Gasteiger partial charge in [0, 0.05) is 23.3 Å². The fraction of sp³-hybridized carbons (Fsp3) is 0.333. The number of benzene rings is 1. The van der Waals surface area contributed by atoms with E-state index in [0.29, 0.717) is 18.8 Å². The van der Waals surface area contributed by atoms with Crippen LogP contribution in [-0.2, 0) is 26.6 Å². The Morgan fingerprint density at radius 3 is 2.96 bits per heavy atom. The topological polar surface area (TPSA) is 86.1 Å². The highest BCUT2D eigenvalue weighted by Gasteiger charge is 2.27. The molecule has 8 heteroatoms. The van der Waals surface area contributed by atoms with E-state index in [-0.39, 0.29) is 18.4 Å². The van der Waals surface area contributed by atoms with Crippen molar-refractivity contribution in [2.24, 2.45) is 0 Å². The van der Waals surface area contributed by atoms with E-state index in [4.69, 9.17) is 4.74 Å². The molecule has 1 aromatic heterocycles. The van der Waals surface area contributed by atoms with Crippen LogP contribution in [0.4, 0.5) is 0 Å². The van der Waals surface area contributed by atoms with E-state index in [1.807, 2.05) is 30.3 Å². The van der Waals surface area contributed by atoms with Crippen LogP contribution >= 0.6 is 11.8 Å². The summed E-state index contributed by atoms with van der Waals surface area (Å²) in [7, 11) is 0. The minimum Gasteiger partial charge on any atom is -0.464 e. The predicted octanol–water partition coefficient (Wildman–Crippen LogP) is 1.00. The molecule has 1 aromatic carbocycles. The Hall–Kier alpha value is -2.35. The number of esters is 1. The Labute approximate surface area is 137 Å². The number of aromatic nitrogens is 3. The van der Waals surface area contributed by atoms with Gasteiger partial charge in [0.15, 0.2) is 0 Å². The zero-order chi connectivity index (χ0) is 16.1. The summed E-state index contributed by atoms with van der Waals surface area (Å²) in [5.41, 5.74) is 0.798. The zero-order valence-corrected chi connectivity index (χ0v) is 13.2. The molecule has 0 radical (unpaired) electrons. The van der Waals surface area contributed by atoms with Crippen LogP contribution in [0.2, 0.25) is 0 Å². The summed E-state index contributed by atoms with van der Waals surface area (Å²) in [4.78, 5) is 24.4. The second-order valence-corrected chi connectivity index (χ2v) is 6.13. The van der Waals surface area contributed by atoms with Crippen LogP contribution in [0.5, 0.6) is 0 Å². The van der Waals surface area contributed by atoms with Gasteiger partial charge in [0.25, 0.3) is 0 Å². The molecule has 2 heterocycles. The standard InChI is InChI=1S/C15H16N4O3S/c20-14(16-13-6-7-22-15(13)21)9-19-8-11(17-18-19)10-23-12-4-2-1-3-5-12/h1-5,8,13H,6-7,9-10H2,(H,16,20)/t13-/m0/s1. The molecule has 2 aromatic rings. The number of cyclic esters (lactones) is 1. The zero-order valence-electron chi connectivity index (χ0n) is 12.3. The number of amides is 1. The van der Waals surface area contributed by atoms with E-state index in [1.54, 1.807) is 18.0 Å². The SMILES string of the molecule is O=C(Cn1cc(CSc2ccccc2)nn1)N[C@H]1CCOC1=O. The van der Waals surface area contributed by atoms with Gasteiger partial charge >= 0.3 is 5.97 Å². The lowest BCUT2D eigenvalue weighted by Gasteiger charge is -2.08. The minimum atomic E-state index is -0.542. The van der Waals surface area contributed by atoms with Crippen molar-refractivity contribution >= 4 is 23.6 Å². The van der Waals surface area contributed by atoms with Crippen molar-refractivity contribution in [2.45, 2.75) is 29.7 Å². The molecule has 1 saturated heterocycles. The summed E-state index contributed by atoms with van der Waals surface area (Å²) in [5.74, 6) is 0.0264. The average Bonchev–Trinajstić information content (AvgIpc) is 3.16. The number of ether oxygens (including phenoxy) is 1. The number of nitrogens with zero attached hydrogens (tertiary/aromatic N) is 3. The normalized spacial score (nSPS) is 17.0. The fourth-order valence-corrected chi connectivity index (χ4v) is 2.97. The van der Waals surface area contributed by atoms with Crippen molar-refractivity contribution in [3.63, 3.8) is 0 Å². The third-order valence-electron chi connectivity index (χ3n) is 3.29. The molecule has 1 amide bonds. The Morgan fingerprint density at radius 1 is 1.39 bits per heavy atom. The molecule has 0 spiro atoms. The van der Waals surface area contributed by atoms with Gasteiger partial charge in [-0.25, -0.2) is 9.48 Å². The number of carbonyl (C=O) groups is 2. The molecule has 7 nitrogen and oxygen atoms in total. The quantitative estimate of drug-likeness (QED) is 0.627. The lowest BCUT2D eigenvalue weighted by Crippen LogP contribution is -2.39. The van der Waals surface area contributed by atoms with Gasteiger partial charge in [-0.3, -0.25) is 4.79 Å². The third-order valence-corrected chi connectivity index (χ3v) is 4.34. The molecule has 1 fully saturated rings. The van der Waals surface area contributed by atoms with Crippen molar-refractivity contribution in [1.82, 2.24) is 20.3 Å². The van der Waals surface area contributed by atoms with Crippen molar-refractivity contribution in [3.8, 4) is 0 Å². The highest BCUT2D eigenvalue weighted by molar-refractivity contribution is 7.98. The van der Waals surface area contributed by atoms with E-state index < -0.39 is 6.04 Å². The lowest BCUT2D eigenvalue weighted by atomic mass is 10.2. The van der Waals surface area contributed by atoms with E-state index in [0.717, 1.165) is 10.6 Å². The number of thioether (sulfide) groups is 1. The van der Waals surface area contributed by atoms with Gasteiger partial charge in [0.2, 0.25) is 5.91 Å². The first kappa shape index (κ1) is 15.5. The molecular formula is C15H16N4O3S. The summed E-state index contributed by atoms with van der Waals surface area (Å²) in [6.07, 6.45) is 2.25. The second kappa shape index (κ2) is 7.28. The molecule has 120 valence electrons. The van der Waals surface area contributed by atoms with Crippen LogP contribution < -0.4 is 5.32 Å². The maximum Gasteiger partial charge on any atom is 0.328 e. The summed E-state index contributed by atoms with van der Waals surface area (Å²) in [6.45, 7) is 0.390. The highest BCUT2D eigenvalue weighted by atomic mass is 32.2. The Kier molecular flexibility index (Phi) is 4.92. The van der Waals surface area contributed by atoms with Gasteiger partial charge < -0.3 is 10.1 Å². The van der Waals surface area contributed by atoms with Crippen LogP contribution in [-0.4, -0.2) is 39.5 Å². The van der Waals surface area contributed by atoms with E-state index >= 15 is 0 Å². The van der Waals surface area contributed by atoms with Crippen LogP contribution in [0.25, 0.3) is 0 Å². The molecule has 0 bridgehead atoms. The number of rotatable bonds is 6. The predicted molar refractivity (Wildman–Crippen MR) is 83.5 cm³/mol. The van der Waals surface area contributed by atoms with Gasteiger partial charge in [0.1, 0.15) is 12.6 Å². The maximum atomic E-state index is 11.9. The van der Waals surface area contributed by atoms with E-state index in [1.165, 1.54) is 4.68 Å². The van der Waals surface area contributed by atoms with E-state index in [2.05, 4.69) is 15.6 Å². The molecule has 3 rings (SSSR count). The molecule has 1 aliphatic rings. The first-order valence-electron chi connectivity index (χ1n) is 7.23. The summed E-state index contributed by atoms with van der Waals surface area (Å²) in [5, 5.41) is 10.6. The smallest absolute Gasteiger partial charge is 0.328 e. The fourth-order valence-electron chi connectivity index (χ4n) is 2.17. The van der Waals surface area contributed by atoms with Gasteiger partial charge in [0.05, 0.1) is 12.3 Å². The summed E-state index contributed by atoms with van der Waals surface area (Å²) < 4.78 is 6.27. The highest BCUT2D eigenvalue weighted by Crippen LogP contribution is 2.20. The second-order valence-electron chi connectivity index (χ2n) is 5.09. The average molecular weight is 332 g/mol. The first-order chi connectivity index (χ1) is 11.2. The molecular weight excluding hydrogens is 316 g/mol. The minimum absolute atomic E-state index is 0.0345. The number of hydrogen-bond donors (Lipinski definition) is 1. The van der Waals surface area contributed by atoms with Gasteiger partial charge in [-0.05, 0) is 12.1 Å². The monoisotopic (exact) mass is 332 g/mol. The largest absolute Gasteiger partial charge is 0.464 e. The van der Waals surface area contributed by atoms with Crippen molar-refractivity contribution in [3.05, 3.63) is 42.2 Å². The molecule has 0 unspecified atom stereocenters. The summed E-state index contributed by atoms with van der Waals surface area (Å²) in [6, 6.07) is 9.46. The number of carbonyl (C=O) groups excluding carboxylic acids is 2. The Balaban J connectivity index is 1.49. The van der Waals surface area contributed by atoms with Gasteiger partial charge in [-0.15, -0.1) is 16.9 Å². The van der Waals surface area contributed by atoms with Crippen LogP contribution in [0.15, 0.2) is 41.4 Å². The Bertz CT molecular complexity index is 689. The number of nitrogens with one attached hydrogen (secondary N) is 1. The van der Waals surface area contributed by atoms with Gasteiger partial charge in [-0.1, -0.05) is 23.4 Å². The van der Waals surface area contributed by atoms with Crippen molar-refractivity contribution in [1.29, 1.82) is 0 Å². The molecule has 1 atom stereocenters. The van der Waals surface area contributed by atoms with Crippen molar-refractivity contribution < 1.29 is 14.3 Å². The van der Waals surface area contributed by atoms with Gasteiger partial charge in [-0.2, -0.15) is 0 Å². The third kappa shape index (κ3) is 4.32. The van der Waals surface area contributed by atoms with Crippen LogP contribution in [0, 0.1) is 0 Å². The maximum absolute atomic E-state index is 11.9. The first-order valence-corrected chi connectivity index (χ1v) is 8.22. The van der Waals surface area contributed by atoms with Crippen molar-refractivity contribution in [2.75, 3.05) is 6.61 Å². The Morgan fingerprint density at radius 2 is 2.22 bits per heavy atom. The van der Waals surface area contributed by atoms with Crippen LogP contribution in [0.3, 0.4) is 0 Å². The molecule has 23 heavy (non-hydrogen) atoms. The summed E-state index contributed by atoms with van der Waals surface area (Å²) >= 11 is 1.65. The number of hydrogen-bond acceptors (Lipinski definition) is 6. The lowest BCUT2D eigenvalue weighted by molar-refractivity contribution is -0.141. The molecule has 1 N–H and O–H groups in total. The van der Waals surface area contributed by atoms with Crippen LogP contribution in [0.1, 0.15) is 12.1 Å².